The highest BCUT2D eigenvalue weighted by molar-refractivity contribution is 5.23. The zero-order valence-electron chi connectivity index (χ0n) is 13.3. The van der Waals surface area contributed by atoms with E-state index in [9.17, 15) is 5.11 Å². The third-order valence-corrected chi connectivity index (χ3v) is 4.77. The zero-order chi connectivity index (χ0) is 15.1. The second-order valence-corrected chi connectivity index (χ2v) is 6.46. The maximum atomic E-state index is 10.9. The van der Waals surface area contributed by atoms with Crippen LogP contribution in [0.25, 0.3) is 0 Å². The van der Waals surface area contributed by atoms with E-state index >= 15 is 0 Å². The summed E-state index contributed by atoms with van der Waals surface area (Å²) >= 11 is 0. The van der Waals surface area contributed by atoms with Gasteiger partial charge < -0.3 is 15.7 Å². The van der Waals surface area contributed by atoms with Crippen molar-refractivity contribution in [2.24, 2.45) is 11.7 Å². The molecule has 0 amide bonds. The Hall–Kier alpha value is -0.900. The normalized spacial score (nSPS) is 23.5. The van der Waals surface area contributed by atoms with Crippen molar-refractivity contribution in [3.8, 4) is 0 Å². The van der Waals surface area contributed by atoms with Crippen LogP contribution < -0.4 is 5.73 Å². The van der Waals surface area contributed by atoms with Crippen LogP contribution in [0.15, 0.2) is 30.3 Å². The summed E-state index contributed by atoms with van der Waals surface area (Å²) in [7, 11) is 0. The second kappa shape index (κ2) is 7.92. The summed E-state index contributed by atoms with van der Waals surface area (Å²) in [6.45, 7) is 5.35. The van der Waals surface area contributed by atoms with Crippen molar-refractivity contribution in [3.63, 3.8) is 0 Å². The molecule has 1 fully saturated rings. The highest BCUT2D eigenvalue weighted by Crippen LogP contribution is 2.26. The summed E-state index contributed by atoms with van der Waals surface area (Å²) in [6, 6.07) is 9.86. The van der Waals surface area contributed by atoms with Crippen molar-refractivity contribution < 1.29 is 5.11 Å². The molecule has 3 nitrogen and oxygen atoms in total. The van der Waals surface area contributed by atoms with Gasteiger partial charge in [-0.05, 0) is 43.8 Å². The first-order valence-electron chi connectivity index (χ1n) is 8.38. The van der Waals surface area contributed by atoms with Gasteiger partial charge in [-0.2, -0.15) is 0 Å². The van der Waals surface area contributed by atoms with Crippen molar-refractivity contribution in [3.05, 3.63) is 35.9 Å². The molecule has 3 N–H and O–H groups in total. The van der Waals surface area contributed by atoms with Crippen molar-refractivity contribution in [2.45, 2.75) is 44.6 Å². The molecule has 1 saturated heterocycles. The number of likely N-dealkylation sites (tertiary alicyclic amines) is 1. The van der Waals surface area contributed by atoms with E-state index in [1.807, 2.05) is 30.3 Å². The Labute approximate surface area is 129 Å². The van der Waals surface area contributed by atoms with Crippen LogP contribution in [0.4, 0.5) is 0 Å². The average Bonchev–Trinajstić information content (AvgIpc) is 2.74. The van der Waals surface area contributed by atoms with Crippen LogP contribution in [-0.4, -0.2) is 36.2 Å². The predicted molar refractivity (Wildman–Crippen MR) is 88.1 cm³/mol. The van der Waals surface area contributed by atoms with Gasteiger partial charge in [-0.25, -0.2) is 0 Å². The molecule has 2 rings (SSSR count). The van der Waals surface area contributed by atoms with Gasteiger partial charge >= 0.3 is 0 Å². The molecule has 1 aliphatic rings. The van der Waals surface area contributed by atoms with E-state index in [-0.39, 0.29) is 6.54 Å². The Bertz CT molecular complexity index is 409. The number of hydrogen-bond acceptors (Lipinski definition) is 3. The highest BCUT2D eigenvalue weighted by atomic mass is 16.3. The minimum atomic E-state index is -0.925. The van der Waals surface area contributed by atoms with Gasteiger partial charge in [0.2, 0.25) is 0 Å². The lowest BCUT2D eigenvalue weighted by molar-refractivity contribution is 0.00739. The van der Waals surface area contributed by atoms with Gasteiger partial charge in [0.1, 0.15) is 5.60 Å². The third-order valence-electron chi connectivity index (χ3n) is 4.77. The van der Waals surface area contributed by atoms with Gasteiger partial charge in [0.15, 0.2) is 0 Å². The smallest absolute Gasteiger partial charge is 0.114 e. The first-order chi connectivity index (χ1) is 10.2. The molecule has 1 aliphatic heterocycles. The lowest BCUT2D eigenvalue weighted by Gasteiger charge is -2.33. The monoisotopic (exact) mass is 290 g/mol. The molecule has 2 atom stereocenters. The summed E-state index contributed by atoms with van der Waals surface area (Å²) in [5.41, 5.74) is 5.90. The van der Waals surface area contributed by atoms with E-state index in [1.165, 1.54) is 32.1 Å². The second-order valence-electron chi connectivity index (χ2n) is 6.46. The minimum absolute atomic E-state index is 0.270. The van der Waals surface area contributed by atoms with Crippen molar-refractivity contribution >= 4 is 0 Å². The SMILES string of the molecule is CCCC1CCCN(CC(O)(CN)c2ccccc2)CC1. The lowest BCUT2D eigenvalue weighted by Crippen LogP contribution is -2.46. The molecule has 118 valence electrons. The zero-order valence-corrected chi connectivity index (χ0v) is 13.3. The molecular formula is C18H30N2O. The summed E-state index contributed by atoms with van der Waals surface area (Å²) in [4.78, 5) is 2.40. The quantitative estimate of drug-likeness (QED) is 0.847. The van der Waals surface area contributed by atoms with Crippen LogP contribution in [0.1, 0.15) is 44.6 Å². The fourth-order valence-corrected chi connectivity index (χ4v) is 3.47. The molecule has 1 aromatic carbocycles. The molecule has 0 radical (unpaired) electrons. The van der Waals surface area contributed by atoms with Gasteiger partial charge in [0.25, 0.3) is 0 Å². The molecule has 0 aromatic heterocycles. The highest BCUT2D eigenvalue weighted by Gasteiger charge is 2.31. The molecule has 0 aliphatic carbocycles. The topological polar surface area (TPSA) is 49.5 Å². The Morgan fingerprint density at radius 2 is 2.00 bits per heavy atom. The van der Waals surface area contributed by atoms with Gasteiger partial charge in [0, 0.05) is 13.1 Å². The van der Waals surface area contributed by atoms with Gasteiger partial charge in [0.05, 0.1) is 0 Å². The largest absolute Gasteiger partial charge is 0.382 e. The maximum absolute atomic E-state index is 10.9. The molecular weight excluding hydrogens is 260 g/mol. The van der Waals surface area contributed by atoms with E-state index in [4.69, 9.17) is 5.73 Å². The van der Waals surface area contributed by atoms with Crippen molar-refractivity contribution in [1.29, 1.82) is 0 Å². The first-order valence-corrected chi connectivity index (χ1v) is 8.38. The van der Waals surface area contributed by atoms with E-state index in [0.717, 1.165) is 24.6 Å². The maximum Gasteiger partial charge on any atom is 0.114 e. The molecule has 1 heterocycles. The molecule has 1 aromatic rings. The lowest BCUT2D eigenvalue weighted by atomic mass is 9.93. The fourth-order valence-electron chi connectivity index (χ4n) is 3.47. The van der Waals surface area contributed by atoms with Crippen molar-refractivity contribution in [1.82, 2.24) is 4.90 Å². The standard InChI is InChI=1S/C18H30N2O/c1-2-7-16-8-6-12-20(13-11-16)15-18(21,14-19)17-9-4-3-5-10-17/h3-5,9-10,16,21H,2,6-8,11-15,19H2,1H3. The number of nitrogens with zero attached hydrogens (tertiary/aromatic N) is 1. The molecule has 0 saturated carbocycles. The van der Waals surface area contributed by atoms with E-state index in [1.54, 1.807) is 0 Å². The van der Waals surface area contributed by atoms with Gasteiger partial charge in [-0.1, -0.05) is 50.1 Å². The van der Waals surface area contributed by atoms with E-state index < -0.39 is 5.60 Å². The van der Waals surface area contributed by atoms with Crippen LogP contribution in [0.5, 0.6) is 0 Å². The van der Waals surface area contributed by atoms with E-state index in [2.05, 4.69) is 11.8 Å². The predicted octanol–water partition coefficient (Wildman–Crippen LogP) is 2.74. The third kappa shape index (κ3) is 4.53. The summed E-state index contributed by atoms with van der Waals surface area (Å²) in [6.07, 6.45) is 6.44. The number of β-amino-alcohol motifs (C(OH)–C–C–N with tert-alkyl or cyclic N) is 1. The molecule has 0 bridgehead atoms. The molecule has 2 unspecified atom stereocenters. The average molecular weight is 290 g/mol. The molecule has 3 heteroatoms. The van der Waals surface area contributed by atoms with Crippen LogP contribution >= 0.6 is 0 Å². The number of aliphatic hydroxyl groups is 1. The number of benzene rings is 1. The Morgan fingerprint density at radius 3 is 2.67 bits per heavy atom. The summed E-state index contributed by atoms with van der Waals surface area (Å²) < 4.78 is 0. The summed E-state index contributed by atoms with van der Waals surface area (Å²) in [5.74, 6) is 0.864. The van der Waals surface area contributed by atoms with Crippen molar-refractivity contribution in [2.75, 3.05) is 26.2 Å². The number of hydrogen-bond donors (Lipinski definition) is 2. The minimum Gasteiger partial charge on any atom is -0.382 e. The van der Waals surface area contributed by atoms with Crippen LogP contribution in [0.3, 0.4) is 0 Å². The number of nitrogens with two attached hydrogens (primary N) is 1. The van der Waals surface area contributed by atoms with Crippen LogP contribution in [0, 0.1) is 5.92 Å². The summed E-state index contributed by atoms with van der Waals surface area (Å²) in [5, 5.41) is 10.9. The molecule has 0 spiro atoms. The Morgan fingerprint density at radius 1 is 1.24 bits per heavy atom. The van der Waals surface area contributed by atoms with Gasteiger partial charge in [-0.15, -0.1) is 0 Å². The van der Waals surface area contributed by atoms with Crippen LogP contribution in [-0.2, 0) is 5.60 Å². The number of rotatable bonds is 6. The molecule has 21 heavy (non-hydrogen) atoms. The first kappa shape index (κ1) is 16.5. The Kier molecular flexibility index (Phi) is 6.22. The van der Waals surface area contributed by atoms with Crippen LogP contribution in [0.2, 0.25) is 0 Å². The fraction of sp³-hybridized carbons (Fsp3) is 0.667. The van der Waals surface area contributed by atoms with Gasteiger partial charge in [-0.3, -0.25) is 0 Å². The Balaban J connectivity index is 1.98. The van der Waals surface area contributed by atoms with E-state index in [0.29, 0.717) is 6.54 Å².